The Morgan fingerprint density at radius 2 is 2.03 bits per heavy atom. The number of hydrogen-bond acceptors (Lipinski definition) is 4. The van der Waals surface area contributed by atoms with Crippen molar-refractivity contribution in [1.29, 1.82) is 0 Å². The monoisotopic (exact) mass is 429 g/mol. The third-order valence-corrected chi connectivity index (χ3v) is 4.84. The number of para-hydroxylation sites is 1. The summed E-state index contributed by atoms with van der Waals surface area (Å²) in [7, 11) is 1.64. The zero-order valence-corrected chi connectivity index (χ0v) is 18.6. The SMILES string of the molecule is COc1ccccc1C1=NOC(CN(Cc2cccc(Cl)c2)C(=O)NC(C)(C)C)C1. The Morgan fingerprint density at radius 1 is 1.27 bits per heavy atom. The molecule has 0 saturated heterocycles. The number of carbonyl (C=O) groups excluding carboxylic acids is 1. The van der Waals surface area contributed by atoms with Crippen molar-refractivity contribution >= 4 is 23.3 Å². The first kappa shape index (κ1) is 22.0. The number of rotatable bonds is 6. The van der Waals surface area contributed by atoms with Gasteiger partial charge in [-0.3, -0.25) is 0 Å². The fourth-order valence-corrected chi connectivity index (χ4v) is 3.50. The highest BCUT2D eigenvalue weighted by atomic mass is 35.5. The number of halogens is 1. The van der Waals surface area contributed by atoms with Crippen LogP contribution in [0.2, 0.25) is 5.02 Å². The molecule has 0 bridgehead atoms. The van der Waals surface area contributed by atoms with Gasteiger partial charge in [-0.05, 0) is 50.6 Å². The van der Waals surface area contributed by atoms with Gasteiger partial charge in [0.25, 0.3) is 0 Å². The maximum Gasteiger partial charge on any atom is 0.318 e. The van der Waals surface area contributed by atoms with Crippen LogP contribution in [0, 0.1) is 0 Å². The smallest absolute Gasteiger partial charge is 0.318 e. The molecule has 1 atom stereocenters. The van der Waals surface area contributed by atoms with Crippen LogP contribution in [0.1, 0.15) is 38.3 Å². The number of carbonyl (C=O) groups is 1. The first-order valence-electron chi connectivity index (χ1n) is 9.93. The second kappa shape index (κ2) is 9.39. The molecular formula is C23H28ClN3O3. The van der Waals surface area contributed by atoms with Crippen LogP contribution in [0.3, 0.4) is 0 Å². The largest absolute Gasteiger partial charge is 0.496 e. The molecule has 2 aromatic carbocycles. The molecule has 6 nitrogen and oxygen atoms in total. The molecule has 0 saturated carbocycles. The van der Waals surface area contributed by atoms with E-state index in [0.717, 1.165) is 22.6 Å². The predicted octanol–water partition coefficient (Wildman–Crippen LogP) is 4.85. The number of amides is 2. The van der Waals surface area contributed by atoms with Crippen LogP contribution in [0.5, 0.6) is 5.75 Å². The van der Waals surface area contributed by atoms with E-state index < -0.39 is 0 Å². The second-order valence-corrected chi connectivity index (χ2v) is 8.80. The van der Waals surface area contributed by atoms with Gasteiger partial charge in [0.05, 0.1) is 19.4 Å². The van der Waals surface area contributed by atoms with Crippen LogP contribution < -0.4 is 10.1 Å². The lowest BCUT2D eigenvalue weighted by Gasteiger charge is -2.29. The molecule has 2 amide bonds. The average molecular weight is 430 g/mol. The van der Waals surface area contributed by atoms with E-state index in [1.807, 2.05) is 69.3 Å². The number of nitrogens with one attached hydrogen (secondary N) is 1. The van der Waals surface area contributed by atoms with Crippen LogP contribution in [0.15, 0.2) is 53.7 Å². The Hall–Kier alpha value is -2.73. The summed E-state index contributed by atoms with van der Waals surface area (Å²) in [6.07, 6.45) is 0.352. The summed E-state index contributed by atoms with van der Waals surface area (Å²) in [6.45, 7) is 6.69. The molecule has 1 N–H and O–H groups in total. The predicted molar refractivity (Wildman–Crippen MR) is 119 cm³/mol. The van der Waals surface area contributed by atoms with Crippen molar-refractivity contribution in [3.05, 3.63) is 64.7 Å². The molecule has 30 heavy (non-hydrogen) atoms. The van der Waals surface area contributed by atoms with Gasteiger partial charge in [0.15, 0.2) is 6.10 Å². The third-order valence-electron chi connectivity index (χ3n) is 4.61. The molecule has 7 heteroatoms. The summed E-state index contributed by atoms with van der Waals surface area (Å²) >= 11 is 6.13. The highest BCUT2D eigenvalue weighted by Gasteiger charge is 2.29. The molecule has 3 rings (SSSR count). The van der Waals surface area contributed by atoms with Gasteiger partial charge >= 0.3 is 6.03 Å². The van der Waals surface area contributed by atoms with E-state index in [1.54, 1.807) is 12.0 Å². The first-order valence-corrected chi connectivity index (χ1v) is 10.3. The van der Waals surface area contributed by atoms with E-state index in [1.165, 1.54) is 0 Å². The lowest BCUT2D eigenvalue weighted by atomic mass is 10.0. The maximum absolute atomic E-state index is 13.0. The van der Waals surface area contributed by atoms with Crippen molar-refractivity contribution in [3.8, 4) is 5.75 Å². The number of urea groups is 1. The molecular weight excluding hydrogens is 402 g/mol. The standard InChI is InChI=1S/C23H28ClN3O3/c1-23(2,3)25-22(28)27(14-16-8-7-9-17(24)12-16)15-18-13-20(26-30-18)19-10-5-6-11-21(19)29-4/h5-12,18H,13-15H2,1-4H3,(H,25,28). The Labute approximate surface area is 182 Å². The van der Waals surface area contributed by atoms with Gasteiger partial charge in [-0.2, -0.15) is 0 Å². The summed E-state index contributed by atoms with van der Waals surface area (Å²) in [5, 5.41) is 7.93. The van der Waals surface area contributed by atoms with Gasteiger partial charge in [0.2, 0.25) is 0 Å². The Morgan fingerprint density at radius 3 is 2.73 bits per heavy atom. The zero-order valence-electron chi connectivity index (χ0n) is 17.8. The molecule has 0 aromatic heterocycles. The van der Waals surface area contributed by atoms with Crippen molar-refractivity contribution in [2.45, 2.75) is 45.4 Å². The Bertz CT molecular complexity index is 924. The van der Waals surface area contributed by atoms with Crippen molar-refractivity contribution in [3.63, 3.8) is 0 Å². The summed E-state index contributed by atoms with van der Waals surface area (Å²) in [4.78, 5) is 20.4. The molecule has 2 aromatic rings. The summed E-state index contributed by atoms with van der Waals surface area (Å²) in [5.41, 5.74) is 2.33. The third kappa shape index (κ3) is 5.89. The fraction of sp³-hybridized carbons (Fsp3) is 0.391. The lowest BCUT2D eigenvalue weighted by molar-refractivity contribution is 0.0580. The van der Waals surface area contributed by atoms with Gasteiger partial charge in [0, 0.05) is 29.1 Å². The molecule has 0 aliphatic carbocycles. The van der Waals surface area contributed by atoms with Gasteiger partial charge in [0.1, 0.15) is 5.75 Å². The van der Waals surface area contributed by atoms with E-state index in [9.17, 15) is 4.79 Å². The molecule has 1 aliphatic rings. The van der Waals surface area contributed by atoms with Gasteiger partial charge in [-0.1, -0.05) is 41.0 Å². The van der Waals surface area contributed by atoms with Crippen LogP contribution >= 0.6 is 11.6 Å². The molecule has 1 unspecified atom stereocenters. The first-order chi connectivity index (χ1) is 14.2. The Balaban J connectivity index is 1.72. The number of hydrogen-bond donors (Lipinski definition) is 1. The minimum atomic E-state index is -0.348. The van der Waals surface area contributed by atoms with Crippen LogP contribution in [0.4, 0.5) is 4.79 Å². The molecule has 1 aliphatic heterocycles. The number of nitrogens with zero attached hydrogens (tertiary/aromatic N) is 2. The second-order valence-electron chi connectivity index (χ2n) is 8.36. The quantitative estimate of drug-likeness (QED) is 0.713. The average Bonchev–Trinajstić information content (AvgIpc) is 3.14. The van der Waals surface area contributed by atoms with Gasteiger partial charge in [-0.15, -0.1) is 0 Å². The highest BCUT2D eigenvalue weighted by molar-refractivity contribution is 6.30. The van der Waals surface area contributed by atoms with Crippen molar-refractivity contribution < 1.29 is 14.4 Å². The number of ether oxygens (including phenoxy) is 1. The number of benzene rings is 2. The Kier molecular flexibility index (Phi) is 6.87. The van der Waals surface area contributed by atoms with E-state index in [2.05, 4.69) is 10.5 Å². The zero-order chi connectivity index (χ0) is 21.7. The van der Waals surface area contributed by atoms with E-state index in [0.29, 0.717) is 24.5 Å². The summed E-state index contributed by atoms with van der Waals surface area (Å²) in [5.74, 6) is 0.752. The van der Waals surface area contributed by atoms with E-state index in [-0.39, 0.29) is 17.7 Å². The molecule has 0 fully saturated rings. The highest BCUT2D eigenvalue weighted by Crippen LogP contribution is 2.25. The fourth-order valence-electron chi connectivity index (χ4n) is 3.29. The topological polar surface area (TPSA) is 63.2 Å². The van der Waals surface area contributed by atoms with E-state index >= 15 is 0 Å². The van der Waals surface area contributed by atoms with Crippen LogP contribution in [-0.2, 0) is 11.4 Å². The van der Waals surface area contributed by atoms with Crippen molar-refractivity contribution in [1.82, 2.24) is 10.2 Å². The minimum absolute atomic E-state index is 0.156. The van der Waals surface area contributed by atoms with E-state index in [4.69, 9.17) is 21.2 Å². The molecule has 160 valence electrons. The van der Waals surface area contributed by atoms with Crippen molar-refractivity contribution in [2.24, 2.45) is 5.16 Å². The summed E-state index contributed by atoms with van der Waals surface area (Å²) in [6, 6.07) is 15.1. The van der Waals surface area contributed by atoms with Crippen LogP contribution in [0.25, 0.3) is 0 Å². The van der Waals surface area contributed by atoms with Gasteiger partial charge in [-0.25, -0.2) is 4.79 Å². The number of methoxy groups -OCH3 is 1. The summed E-state index contributed by atoms with van der Waals surface area (Å²) < 4.78 is 5.43. The molecule has 0 radical (unpaired) electrons. The van der Waals surface area contributed by atoms with Crippen molar-refractivity contribution in [2.75, 3.05) is 13.7 Å². The minimum Gasteiger partial charge on any atom is -0.496 e. The number of oxime groups is 1. The van der Waals surface area contributed by atoms with Gasteiger partial charge < -0.3 is 19.8 Å². The lowest BCUT2D eigenvalue weighted by Crippen LogP contribution is -2.50. The molecule has 0 spiro atoms. The maximum atomic E-state index is 13.0. The van der Waals surface area contributed by atoms with Crippen LogP contribution in [-0.4, -0.2) is 41.9 Å². The normalized spacial score (nSPS) is 15.9. The molecule has 1 heterocycles.